The molecule has 10 heteroatoms. The van der Waals surface area contributed by atoms with Gasteiger partial charge in [-0.05, 0) is 66.6 Å². The number of hydrogen-bond acceptors (Lipinski definition) is 7. The van der Waals surface area contributed by atoms with E-state index in [9.17, 15) is 14.0 Å². The predicted molar refractivity (Wildman–Crippen MR) is 176 cm³/mol. The average molecular weight is 636 g/mol. The summed E-state index contributed by atoms with van der Waals surface area (Å²) in [6, 6.07) is 27.1. The van der Waals surface area contributed by atoms with Crippen LogP contribution in [0.4, 0.5) is 10.1 Å². The lowest BCUT2D eigenvalue weighted by molar-refractivity contribution is -0.113. The number of benzene rings is 4. The standard InChI is InChI=1S/C36H30FN3O5S/c1-22-31(34(41)39-27-11-5-4-6-12-27)32(24-9-7-13-28(19-24)43-2)40-35(42)30(46-36(40)38-22)20-25-10-8-14-29(44-3)33(25)45-21-23-15-17-26(37)18-16-23/h4-20,32H,21H2,1-3H3,(H,39,41)/b30-20-/t32-/m0/s1. The van der Waals surface area contributed by atoms with Crippen LogP contribution >= 0.6 is 11.3 Å². The lowest BCUT2D eigenvalue weighted by Gasteiger charge is -2.25. The molecule has 1 aromatic heterocycles. The van der Waals surface area contributed by atoms with E-state index >= 15 is 0 Å². The minimum atomic E-state index is -0.767. The maximum Gasteiger partial charge on any atom is 0.271 e. The second-order valence-electron chi connectivity index (χ2n) is 10.5. The van der Waals surface area contributed by atoms with Crippen LogP contribution in [-0.2, 0) is 11.4 Å². The summed E-state index contributed by atoms with van der Waals surface area (Å²) in [5.74, 6) is 0.813. The number of rotatable bonds is 9. The normalized spacial score (nSPS) is 14.3. The molecule has 6 rings (SSSR count). The highest BCUT2D eigenvalue weighted by molar-refractivity contribution is 7.07. The zero-order valence-electron chi connectivity index (χ0n) is 25.3. The molecule has 0 radical (unpaired) electrons. The van der Waals surface area contributed by atoms with Gasteiger partial charge in [-0.3, -0.25) is 14.2 Å². The third kappa shape index (κ3) is 6.20. The molecule has 0 bridgehead atoms. The second-order valence-corrected chi connectivity index (χ2v) is 11.5. The van der Waals surface area contributed by atoms with Gasteiger partial charge in [0.2, 0.25) is 0 Å². The van der Waals surface area contributed by atoms with E-state index in [1.165, 1.54) is 30.6 Å². The van der Waals surface area contributed by atoms with Gasteiger partial charge in [-0.2, -0.15) is 0 Å². The fourth-order valence-electron chi connectivity index (χ4n) is 5.30. The first-order chi connectivity index (χ1) is 22.4. The minimum absolute atomic E-state index is 0.164. The van der Waals surface area contributed by atoms with Gasteiger partial charge in [0.05, 0.1) is 36.1 Å². The highest BCUT2D eigenvalue weighted by Gasteiger charge is 2.33. The monoisotopic (exact) mass is 635 g/mol. The largest absolute Gasteiger partial charge is 0.497 e. The number of allylic oxidation sites excluding steroid dienone is 1. The van der Waals surface area contributed by atoms with E-state index < -0.39 is 6.04 Å². The van der Waals surface area contributed by atoms with Gasteiger partial charge in [-0.1, -0.05) is 65.9 Å². The number of halogens is 1. The summed E-state index contributed by atoms with van der Waals surface area (Å²) >= 11 is 1.22. The smallest absolute Gasteiger partial charge is 0.271 e. The Morgan fingerprint density at radius 1 is 0.978 bits per heavy atom. The lowest BCUT2D eigenvalue weighted by Crippen LogP contribution is -2.40. The Hall–Kier alpha value is -5.48. The fraction of sp³-hybridized carbons (Fsp3) is 0.139. The van der Waals surface area contributed by atoms with E-state index in [2.05, 4.69) is 5.32 Å². The number of carbonyl (C=O) groups excluding carboxylic acids is 1. The number of methoxy groups -OCH3 is 2. The molecule has 1 N–H and O–H groups in total. The highest BCUT2D eigenvalue weighted by Crippen LogP contribution is 2.34. The number of ether oxygens (including phenoxy) is 3. The van der Waals surface area contributed by atoms with Crippen molar-refractivity contribution in [2.24, 2.45) is 4.99 Å². The SMILES string of the molecule is COc1cccc([C@H]2C(C(=O)Nc3ccccc3)=C(C)N=c3s/c(=C\c4cccc(OC)c4OCc4ccc(F)cc4)c(=O)n32)c1. The number of nitrogens with one attached hydrogen (secondary N) is 1. The van der Waals surface area contributed by atoms with Crippen molar-refractivity contribution in [1.82, 2.24) is 4.57 Å². The van der Waals surface area contributed by atoms with Gasteiger partial charge >= 0.3 is 0 Å². The van der Waals surface area contributed by atoms with E-state index in [4.69, 9.17) is 19.2 Å². The van der Waals surface area contributed by atoms with Crippen LogP contribution in [0, 0.1) is 5.82 Å². The summed E-state index contributed by atoms with van der Waals surface area (Å²) in [6.45, 7) is 1.94. The molecule has 0 saturated carbocycles. The van der Waals surface area contributed by atoms with Crippen molar-refractivity contribution in [2.75, 3.05) is 19.5 Å². The average Bonchev–Trinajstić information content (AvgIpc) is 3.38. The van der Waals surface area contributed by atoms with E-state index in [1.807, 2.05) is 54.6 Å². The van der Waals surface area contributed by atoms with Crippen LogP contribution in [0.1, 0.15) is 29.7 Å². The van der Waals surface area contributed by atoms with Crippen LogP contribution in [0.5, 0.6) is 17.2 Å². The Morgan fingerprint density at radius 2 is 1.74 bits per heavy atom. The van der Waals surface area contributed by atoms with Crippen molar-refractivity contribution in [3.63, 3.8) is 0 Å². The van der Waals surface area contributed by atoms with Crippen LogP contribution in [0.15, 0.2) is 118 Å². The lowest BCUT2D eigenvalue weighted by atomic mass is 9.95. The quantitative estimate of drug-likeness (QED) is 0.228. The van der Waals surface area contributed by atoms with Crippen LogP contribution < -0.4 is 34.4 Å². The number of para-hydroxylation sites is 2. The van der Waals surface area contributed by atoms with Crippen molar-refractivity contribution in [3.8, 4) is 17.2 Å². The van der Waals surface area contributed by atoms with Gasteiger partial charge < -0.3 is 19.5 Å². The van der Waals surface area contributed by atoms with Gasteiger partial charge in [-0.15, -0.1) is 0 Å². The highest BCUT2D eigenvalue weighted by atomic mass is 32.1. The summed E-state index contributed by atoms with van der Waals surface area (Å²) in [5, 5.41) is 2.96. The molecule has 2 heterocycles. The molecule has 5 aromatic rings. The van der Waals surface area contributed by atoms with Crippen LogP contribution in [-0.4, -0.2) is 24.7 Å². The Bertz CT molecular complexity index is 2120. The number of amides is 1. The molecule has 1 aliphatic rings. The fourth-order valence-corrected chi connectivity index (χ4v) is 6.34. The zero-order chi connectivity index (χ0) is 32.2. The van der Waals surface area contributed by atoms with E-state index in [0.717, 1.165) is 5.56 Å². The number of hydrogen-bond donors (Lipinski definition) is 1. The Labute approximate surface area is 268 Å². The Balaban J connectivity index is 1.46. The van der Waals surface area contributed by atoms with Crippen LogP contribution in [0.3, 0.4) is 0 Å². The number of carbonyl (C=O) groups is 1. The summed E-state index contributed by atoms with van der Waals surface area (Å²) < 4.78 is 32.6. The van der Waals surface area contributed by atoms with Crippen molar-refractivity contribution in [1.29, 1.82) is 0 Å². The molecule has 4 aromatic carbocycles. The van der Waals surface area contributed by atoms with Crippen molar-refractivity contribution in [3.05, 3.63) is 151 Å². The zero-order valence-corrected chi connectivity index (χ0v) is 26.1. The van der Waals surface area contributed by atoms with Crippen molar-refractivity contribution in [2.45, 2.75) is 19.6 Å². The van der Waals surface area contributed by atoms with Gasteiger partial charge in [0, 0.05) is 11.3 Å². The number of anilines is 1. The van der Waals surface area contributed by atoms with E-state index in [1.54, 1.807) is 55.0 Å². The predicted octanol–water partition coefficient (Wildman–Crippen LogP) is 5.61. The molecule has 0 spiro atoms. The first kappa shape index (κ1) is 30.5. The summed E-state index contributed by atoms with van der Waals surface area (Å²) in [4.78, 5) is 33.3. The molecular formula is C36H30FN3O5S. The first-order valence-corrected chi connectivity index (χ1v) is 15.2. The van der Waals surface area contributed by atoms with Crippen molar-refractivity contribution >= 4 is 29.0 Å². The first-order valence-electron chi connectivity index (χ1n) is 14.4. The number of aromatic nitrogens is 1. The number of fused-ring (bicyclic) bond motifs is 1. The van der Waals surface area contributed by atoms with Gasteiger partial charge in [0.1, 0.15) is 18.2 Å². The molecule has 0 saturated heterocycles. The summed E-state index contributed by atoms with van der Waals surface area (Å²) in [7, 11) is 3.11. The topological polar surface area (TPSA) is 91.2 Å². The molecule has 232 valence electrons. The molecule has 1 amide bonds. The summed E-state index contributed by atoms with van der Waals surface area (Å²) in [5.41, 5.74) is 3.24. The maximum absolute atomic E-state index is 14.3. The molecule has 46 heavy (non-hydrogen) atoms. The Kier molecular flexibility index (Phi) is 8.80. The van der Waals surface area contributed by atoms with Gasteiger partial charge in [0.25, 0.3) is 11.5 Å². The maximum atomic E-state index is 14.3. The molecule has 0 fully saturated rings. The van der Waals surface area contributed by atoms with E-state index in [-0.39, 0.29) is 23.9 Å². The third-order valence-corrected chi connectivity index (χ3v) is 8.50. The van der Waals surface area contributed by atoms with Crippen LogP contribution in [0.25, 0.3) is 6.08 Å². The van der Waals surface area contributed by atoms with E-state index in [0.29, 0.717) is 54.7 Å². The molecule has 8 nitrogen and oxygen atoms in total. The second kappa shape index (κ2) is 13.3. The van der Waals surface area contributed by atoms with Gasteiger partial charge in [0.15, 0.2) is 16.3 Å². The minimum Gasteiger partial charge on any atom is -0.497 e. The third-order valence-electron chi connectivity index (χ3n) is 7.52. The molecule has 1 atom stereocenters. The summed E-state index contributed by atoms with van der Waals surface area (Å²) in [6.07, 6.45) is 1.73. The molecule has 0 unspecified atom stereocenters. The van der Waals surface area contributed by atoms with Crippen LogP contribution in [0.2, 0.25) is 0 Å². The molecule has 0 aliphatic carbocycles. The van der Waals surface area contributed by atoms with Gasteiger partial charge in [-0.25, -0.2) is 9.38 Å². The van der Waals surface area contributed by atoms with Crippen molar-refractivity contribution < 1.29 is 23.4 Å². The molecular weight excluding hydrogens is 605 g/mol. The molecule has 1 aliphatic heterocycles. The Morgan fingerprint density at radius 3 is 2.48 bits per heavy atom. The number of nitrogens with zero attached hydrogens (tertiary/aromatic N) is 2. The number of thiazole rings is 1.